The molecule has 158 valence electrons. The summed E-state index contributed by atoms with van der Waals surface area (Å²) in [5.41, 5.74) is 2.81. The number of aromatic nitrogens is 2. The molecule has 3 saturated heterocycles. The summed E-state index contributed by atoms with van der Waals surface area (Å²) in [6.07, 6.45) is 8.78. The molecule has 6 nitrogen and oxygen atoms in total. The van der Waals surface area contributed by atoms with Crippen LogP contribution in [0.15, 0.2) is 67.1 Å². The van der Waals surface area contributed by atoms with Crippen molar-refractivity contribution in [1.29, 1.82) is 0 Å². The highest BCUT2D eigenvalue weighted by atomic mass is 16.5. The molecule has 31 heavy (non-hydrogen) atoms. The summed E-state index contributed by atoms with van der Waals surface area (Å²) < 4.78 is 7.79. The van der Waals surface area contributed by atoms with Gasteiger partial charge in [0.2, 0.25) is 5.91 Å². The van der Waals surface area contributed by atoms with E-state index in [1.807, 2.05) is 41.4 Å². The van der Waals surface area contributed by atoms with Crippen molar-refractivity contribution in [2.45, 2.75) is 30.8 Å². The molecule has 5 heterocycles. The van der Waals surface area contributed by atoms with E-state index in [0.717, 1.165) is 49.5 Å². The minimum absolute atomic E-state index is 0.237. The van der Waals surface area contributed by atoms with E-state index in [-0.39, 0.29) is 11.9 Å². The third-order valence-electron chi connectivity index (χ3n) is 7.47. The number of anilines is 1. The summed E-state index contributed by atoms with van der Waals surface area (Å²) >= 11 is 0. The first-order valence-electron chi connectivity index (χ1n) is 11.0. The fourth-order valence-electron chi connectivity index (χ4n) is 6.23. The zero-order chi connectivity index (χ0) is 21.0. The number of benzene rings is 1. The van der Waals surface area contributed by atoms with Crippen LogP contribution in [-0.2, 0) is 4.79 Å². The van der Waals surface area contributed by atoms with Gasteiger partial charge in [0.1, 0.15) is 11.3 Å². The van der Waals surface area contributed by atoms with Gasteiger partial charge in [-0.2, -0.15) is 0 Å². The minimum atomic E-state index is -0.393. The van der Waals surface area contributed by atoms with Crippen LogP contribution in [0.4, 0.5) is 5.69 Å². The molecule has 3 aliphatic heterocycles. The second kappa shape index (κ2) is 6.95. The van der Waals surface area contributed by atoms with Gasteiger partial charge in [-0.15, -0.1) is 0 Å². The first-order valence-corrected chi connectivity index (χ1v) is 11.0. The standard InChI is InChI=1S/C25H26N4O2/c1-31-23-10-3-2-8-21(23)28-17-18-15-22(29-14-6-11-25(18,29)24(28)30)20-9-5-13-27(20)19-7-4-12-26-16-19/h2-5,7-10,12-13,16,18,22H,6,11,14-15,17H2,1H3/t18-,22-,25-/m0/s1. The SMILES string of the molecule is COc1ccccc1N1C[C@@H]2C[C@@H](c3cccn3-c3cccnc3)N3CCC[C@@]23C1=O. The monoisotopic (exact) mass is 414 g/mol. The molecule has 1 amide bonds. The Morgan fingerprint density at radius 3 is 2.87 bits per heavy atom. The highest BCUT2D eigenvalue weighted by Gasteiger charge is 2.65. The number of amides is 1. The lowest BCUT2D eigenvalue weighted by molar-refractivity contribution is -0.126. The highest BCUT2D eigenvalue weighted by molar-refractivity contribution is 6.04. The van der Waals surface area contributed by atoms with Crippen LogP contribution in [0, 0.1) is 5.92 Å². The van der Waals surface area contributed by atoms with Crippen LogP contribution in [0.5, 0.6) is 5.75 Å². The third kappa shape index (κ3) is 2.54. The number of hydrogen-bond donors (Lipinski definition) is 0. The van der Waals surface area contributed by atoms with Gasteiger partial charge in [-0.1, -0.05) is 12.1 Å². The van der Waals surface area contributed by atoms with Gasteiger partial charge in [0.05, 0.1) is 30.7 Å². The van der Waals surface area contributed by atoms with Gasteiger partial charge in [0, 0.05) is 30.6 Å². The fourth-order valence-corrected chi connectivity index (χ4v) is 6.23. The molecule has 0 aliphatic carbocycles. The second-order valence-electron chi connectivity index (χ2n) is 8.77. The quantitative estimate of drug-likeness (QED) is 0.651. The minimum Gasteiger partial charge on any atom is -0.495 e. The summed E-state index contributed by atoms with van der Waals surface area (Å²) in [6, 6.07) is 16.5. The summed E-state index contributed by atoms with van der Waals surface area (Å²) in [4.78, 5) is 22.7. The van der Waals surface area contributed by atoms with Gasteiger partial charge in [-0.3, -0.25) is 14.7 Å². The van der Waals surface area contributed by atoms with Crippen molar-refractivity contribution in [1.82, 2.24) is 14.5 Å². The predicted octanol–water partition coefficient (Wildman–Crippen LogP) is 3.82. The molecule has 1 aromatic carbocycles. The molecule has 0 saturated carbocycles. The molecule has 6 rings (SSSR count). The molecule has 0 radical (unpaired) electrons. The first-order chi connectivity index (χ1) is 15.2. The molecule has 3 aromatic rings. The smallest absolute Gasteiger partial charge is 0.248 e. The highest BCUT2D eigenvalue weighted by Crippen LogP contribution is 2.57. The van der Waals surface area contributed by atoms with Crippen molar-refractivity contribution in [2.24, 2.45) is 5.92 Å². The number of para-hydroxylation sites is 2. The van der Waals surface area contributed by atoms with E-state index < -0.39 is 5.54 Å². The topological polar surface area (TPSA) is 50.6 Å². The van der Waals surface area contributed by atoms with Crippen LogP contribution in [-0.4, -0.2) is 46.1 Å². The Labute approximate surface area is 182 Å². The van der Waals surface area contributed by atoms with E-state index in [1.165, 1.54) is 5.69 Å². The summed E-state index contributed by atoms with van der Waals surface area (Å²) in [5.74, 6) is 1.31. The lowest BCUT2D eigenvalue weighted by atomic mass is 9.85. The van der Waals surface area contributed by atoms with Crippen LogP contribution >= 0.6 is 0 Å². The molecule has 3 atom stereocenters. The maximum atomic E-state index is 13.9. The Kier molecular flexibility index (Phi) is 4.18. The van der Waals surface area contributed by atoms with Crippen LogP contribution in [0.1, 0.15) is 31.0 Å². The maximum Gasteiger partial charge on any atom is 0.248 e. The van der Waals surface area contributed by atoms with Crippen molar-refractivity contribution in [3.05, 3.63) is 72.8 Å². The number of carbonyl (C=O) groups excluding carboxylic acids is 1. The lowest BCUT2D eigenvalue weighted by Crippen LogP contribution is -2.50. The van der Waals surface area contributed by atoms with Crippen molar-refractivity contribution >= 4 is 11.6 Å². The molecule has 1 spiro atoms. The van der Waals surface area contributed by atoms with E-state index in [9.17, 15) is 4.79 Å². The number of ether oxygens (including phenoxy) is 1. The largest absolute Gasteiger partial charge is 0.495 e. The van der Waals surface area contributed by atoms with Crippen molar-refractivity contribution in [3.63, 3.8) is 0 Å². The Hall–Kier alpha value is -3.12. The van der Waals surface area contributed by atoms with E-state index in [0.29, 0.717) is 5.92 Å². The molecule has 6 heteroatoms. The second-order valence-corrected chi connectivity index (χ2v) is 8.77. The number of rotatable bonds is 4. The first kappa shape index (κ1) is 18.6. The van der Waals surface area contributed by atoms with Gasteiger partial charge >= 0.3 is 0 Å². The van der Waals surface area contributed by atoms with Gasteiger partial charge in [-0.05, 0) is 62.2 Å². The number of carbonyl (C=O) groups is 1. The average molecular weight is 415 g/mol. The number of hydrogen-bond acceptors (Lipinski definition) is 4. The van der Waals surface area contributed by atoms with E-state index in [4.69, 9.17) is 4.74 Å². The van der Waals surface area contributed by atoms with Gasteiger partial charge in [0.15, 0.2) is 0 Å². The van der Waals surface area contributed by atoms with Crippen LogP contribution in [0.2, 0.25) is 0 Å². The Balaban J connectivity index is 1.37. The van der Waals surface area contributed by atoms with Gasteiger partial charge in [-0.25, -0.2) is 0 Å². The van der Waals surface area contributed by atoms with E-state index >= 15 is 0 Å². The van der Waals surface area contributed by atoms with Crippen molar-refractivity contribution in [3.8, 4) is 11.4 Å². The molecular formula is C25H26N4O2. The predicted molar refractivity (Wildman–Crippen MR) is 118 cm³/mol. The van der Waals surface area contributed by atoms with E-state index in [2.05, 4.69) is 38.8 Å². The van der Waals surface area contributed by atoms with E-state index in [1.54, 1.807) is 13.3 Å². The summed E-state index contributed by atoms with van der Waals surface area (Å²) in [6.45, 7) is 1.71. The molecule has 3 aliphatic rings. The molecule has 0 unspecified atom stereocenters. The van der Waals surface area contributed by atoms with Gasteiger partial charge in [0.25, 0.3) is 0 Å². The third-order valence-corrected chi connectivity index (χ3v) is 7.47. The Morgan fingerprint density at radius 2 is 2.03 bits per heavy atom. The number of pyridine rings is 1. The molecule has 0 N–H and O–H groups in total. The molecule has 3 fully saturated rings. The average Bonchev–Trinajstić information content (AvgIpc) is 3.57. The lowest BCUT2D eigenvalue weighted by Gasteiger charge is -2.34. The maximum absolute atomic E-state index is 13.9. The number of methoxy groups -OCH3 is 1. The zero-order valence-corrected chi connectivity index (χ0v) is 17.6. The summed E-state index contributed by atoms with van der Waals surface area (Å²) in [5, 5.41) is 0. The van der Waals surface area contributed by atoms with Crippen LogP contribution < -0.4 is 9.64 Å². The zero-order valence-electron chi connectivity index (χ0n) is 17.6. The van der Waals surface area contributed by atoms with Crippen molar-refractivity contribution in [2.75, 3.05) is 25.1 Å². The van der Waals surface area contributed by atoms with Gasteiger partial charge < -0.3 is 14.2 Å². The van der Waals surface area contributed by atoms with Crippen molar-refractivity contribution < 1.29 is 9.53 Å². The fraction of sp³-hybridized carbons (Fsp3) is 0.360. The normalized spacial score (nSPS) is 27.5. The van der Waals surface area contributed by atoms with Crippen LogP contribution in [0.25, 0.3) is 5.69 Å². The van der Waals surface area contributed by atoms with Crippen LogP contribution in [0.3, 0.4) is 0 Å². The molecular weight excluding hydrogens is 388 g/mol. The Morgan fingerprint density at radius 1 is 1.13 bits per heavy atom. The summed E-state index contributed by atoms with van der Waals surface area (Å²) in [7, 11) is 1.67. The number of nitrogens with zero attached hydrogens (tertiary/aromatic N) is 4. The Bertz CT molecular complexity index is 1130. The molecule has 2 aromatic heterocycles. The molecule has 0 bridgehead atoms.